The molecule has 2 aromatic rings. The third-order valence-electron chi connectivity index (χ3n) is 5.53. The summed E-state index contributed by atoms with van der Waals surface area (Å²) in [6.45, 7) is 4.16. The molecule has 2 amide bonds. The van der Waals surface area contributed by atoms with Gasteiger partial charge >= 0.3 is 0 Å². The highest BCUT2D eigenvalue weighted by atomic mass is 16.5. The molecular formula is C26H34N2O4. The van der Waals surface area contributed by atoms with Crippen LogP contribution in [0.2, 0.25) is 0 Å². The Morgan fingerprint density at radius 2 is 1.81 bits per heavy atom. The number of anilines is 1. The second-order valence-electron chi connectivity index (χ2n) is 8.17. The molecule has 6 nitrogen and oxygen atoms in total. The number of hydrogen-bond acceptors (Lipinski definition) is 4. The molecule has 0 aromatic heterocycles. The first kappa shape index (κ1) is 23.8. The zero-order chi connectivity index (χ0) is 22.6. The molecule has 1 aliphatic rings. The van der Waals surface area contributed by atoms with Gasteiger partial charge in [0.05, 0.1) is 12.7 Å². The van der Waals surface area contributed by atoms with Crippen LogP contribution < -0.4 is 15.4 Å². The van der Waals surface area contributed by atoms with Gasteiger partial charge in [0.1, 0.15) is 5.75 Å². The molecule has 0 radical (unpaired) electrons. The van der Waals surface area contributed by atoms with Crippen LogP contribution in [0.1, 0.15) is 72.6 Å². The molecule has 6 heteroatoms. The van der Waals surface area contributed by atoms with Crippen molar-refractivity contribution in [3.8, 4) is 5.75 Å². The Labute approximate surface area is 190 Å². The van der Waals surface area contributed by atoms with E-state index in [1.165, 1.54) is 25.7 Å². The van der Waals surface area contributed by atoms with Crippen molar-refractivity contribution in [2.24, 2.45) is 0 Å². The molecule has 1 fully saturated rings. The van der Waals surface area contributed by atoms with Gasteiger partial charge < -0.3 is 20.1 Å². The third-order valence-corrected chi connectivity index (χ3v) is 5.53. The lowest BCUT2D eigenvalue weighted by molar-refractivity contribution is 0.0857. The second kappa shape index (κ2) is 12.9. The van der Waals surface area contributed by atoms with Gasteiger partial charge in [0, 0.05) is 30.0 Å². The third kappa shape index (κ3) is 7.68. The summed E-state index contributed by atoms with van der Waals surface area (Å²) in [5.41, 5.74) is 1.61. The van der Waals surface area contributed by atoms with E-state index >= 15 is 0 Å². The van der Waals surface area contributed by atoms with Gasteiger partial charge in [-0.15, -0.1) is 0 Å². The van der Waals surface area contributed by atoms with E-state index in [2.05, 4.69) is 17.6 Å². The maximum atomic E-state index is 12.6. The fourth-order valence-electron chi connectivity index (χ4n) is 3.65. The predicted octanol–water partition coefficient (Wildman–Crippen LogP) is 5.20. The summed E-state index contributed by atoms with van der Waals surface area (Å²) in [5, 5.41) is 5.76. The molecule has 1 atom stereocenters. The fraction of sp³-hybridized carbons (Fsp3) is 0.462. The second-order valence-corrected chi connectivity index (χ2v) is 8.17. The number of hydrogen-bond donors (Lipinski definition) is 2. The lowest BCUT2D eigenvalue weighted by Gasteiger charge is -2.12. The summed E-state index contributed by atoms with van der Waals surface area (Å²) in [6.07, 6.45) is 8.07. The van der Waals surface area contributed by atoms with Crippen LogP contribution in [-0.4, -0.2) is 37.7 Å². The lowest BCUT2D eigenvalue weighted by Crippen LogP contribution is -2.31. The molecule has 0 bridgehead atoms. The normalized spacial score (nSPS) is 15.3. The van der Waals surface area contributed by atoms with Crippen molar-refractivity contribution in [3.63, 3.8) is 0 Å². The molecule has 3 rings (SSSR count). The van der Waals surface area contributed by atoms with Crippen LogP contribution >= 0.6 is 0 Å². The Morgan fingerprint density at radius 3 is 2.56 bits per heavy atom. The van der Waals surface area contributed by atoms with Gasteiger partial charge in [-0.3, -0.25) is 9.59 Å². The molecule has 2 aromatic carbocycles. The van der Waals surface area contributed by atoms with E-state index in [0.29, 0.717) is 30.0 Å². The SMILES string of the molecule is CCCCCCCOc1ccc(C(=O)Nc2cccc(C(=O)NCC3CCCO3)c2)cc1. The highest BCUT2D eigenvalue weighted by Gasteiger charge is 2.17. The van der Waals surface area contributed by atoms with Gasteiger partial charge in [0.2, 0.25) is 0 Å². The van der Waals surface area contributed by atoms with Gasteiger partial charge in [-0.05, 0) is 61.7 Å². The molecule has 1 saturated heterocycles. The summed E-state index contributed by atoms with van der Waals surface area (Å²) >= 11 is 0. The summed E-state index contributed by atoms with van der Waals surface area (Å²) in [5.74, 6) is 0.364. The van der Waals surface area contributed by atoms with Gasteiger partial charge in [-0.1, -0.05) is 38.7 Å². The summed E-state index contributed by atoms with van der Waals surface area (Å²) in [4.78, 5) is 25.0. The van der Waals surface area contributed by atoms with E-state index < -0.39 is 0 Å². The Kier molecular flexibility index (Phi) is 9.57. The van der Waals surface area contributed by atoms with E-state index in [1.54, 1.807) is 36.4 Å². The van der Waals surface area contributed by atoms with Crippen LogP contribution in [0.4, 0.5) is 5.69 Å². The largest absolute Gasteiger partial charge is 0.494 e. The molecule has 1 unspecified atom stereocenters. The van der Waals surface area contributed by atoms with Gasteiger partial charge in [0.25, 0.3) is 11.8 Å². The van der Waals surface area contributed by atoms with E-state index in [0.717, 1.165) is 31.6 Å². The van der Waals surface area contributed by atoms with Crippen molar-refractivity contribution in [2.45, 2.75) is 58.0 Å². The fourth-order valence-corrected chi connectivity index (χ4v) is 3.65. The Morgan fingerprint density at radius 1 is 1.00 bits per heavy atom. The van der Waals surface area contributed by atoms with Gasteiger partial charge in [0.15, 0.2) is 0 Å². The molecule has 1 heterocycles. The lowest BCUT2D eigenvalue weighted by atomic mass is 10.1. The van der Waals surface area contributed by atoms with Crippen LogP contribution in [0.25, 0.3) is 0 Å². The number of ether oxygens (including phenoxy) is 2. The standard InChI is InChI=1S/C26H34N2O4/c1-2-3-4-5-6-16-31-23-14-12-20(13-15-23)26(30)28-22-10-7-9-21(18-22)25(29)27-19-24-11-8-17-32-24/h7,9-10,12-15,18,24H,2-6,8,11,16-17,19H2,1H3,(H,27,29)(H,28,30). The highest BCUT2D eigenvalue weighted by molar-refractivity contribution is 6.05. The zero-order valence-electron chi connectivity index (χ0n) is 18.9. The Hall–Kier alpha value is -2.86. The average molecular weight is 439 g/mol. The molecule has 1 aliphatic heterocycles. The van der Waals surface area contributed by atoms with Crippen LogP contribution in [0.5, 0.6) is 5.75 Å². The molecule has 0 spiro atoms. The molecule has 0 saturated carbocycles. The van der Waals surface area contributed by atoms with Crippen LogP contribution in [-0.2, 0) is 4.74 Å². The first-order chi connectivity index (χ1) is 15.7. The zero-order valence-corrected chi connectivity index (χ0v) is 18.9. The van der Waals surface area contributed by atoms with Crippen molar-refractivity contribution in [1.82, 2.24) is 5.32 Å². The quantitative estimate of drug-likeness (QED) is 0.447. The van der Waals surface area contributed by atoms with Crippen LogP contribution in [0.3, 0.4) is 0 Å². The predicted molar refractivity (Wildman–Crippen MR) is 126 cm³/mol. The molecular weight excluding hydrogens is 404 g/mol. The Balaban J connectivity index is 1.46. The first-order valence-corrected chi connectivity index (χ1v) is 11.7. The highest BCUT2D eigenvalue weighted by Crippen LogP contribution is 2.17. The van der Waals surface area contributed by atoms with Gasteiger partial charge in [-0.25, -0.2) is 0 Å². The van der Waals surface area contributed by atoms with E-state index in [4.69, 9.17) is 9.47 Å². The number of benzene rings is 2. The molecule has 2 N–H and O–H groups in total. The van der Waals surface area contributed by atoms with Crippen molar-refractivity contribution in [1.29, 1.82) is 0 Å². The van der Waals surface area contributed by atoms with Gasteiger partial charge in [-0.2, -0.15) is 0 Å². The molecule has 172 valence electrons. The summed E-state index contributed by atoms with van der Waals surface area (Å²) in [7, 11) is 0. The van der Waals surface area contributed by atoms with Crippen molar-refractivity contribution >= 4 is 17.5 Å². The minimum Gasteiger partial charge on any atom is -0.494 e. The van der Waals surface area contributed by atoms with Crippen molar-refractivity contribution in [2.75, 3.05) is 25.1 Å². The minimum absolute atomic E-state index is 0.0924. The van der Waals surface area contributed by atoms with Crippen molar-refractivity contribution < 1.29 is 19.1 Å². The number of unbranched alkanes of at least 4 members (excludes halogenated alkanes) is 4. The van der Waals surface area contributed by atoms with Crippen molar-refractivity contribution in [3.05, 3.63) is 59.7 Å². The van der Waals surface area contributed by atoms with E-state index in [9.17, 15) is 9.59 Å². The number of carbonyl (C=O) groups excluding carboxylic acids is 2. The monoisotopic (exact) mass is 438 g/mol. The van der Waals surface area contributed by atoms with E-state index in [-0.39, 0.29) is 17.9 Å². The number of carbonyl (C=O) groups is 2. The van der Waals surface area contributed by atoms with E-state index in [1.807, 2.05) is 12.1 Å². The smallest absolute Gasteiger partial charge is 0.255 e. The Bertz CT molecular complexity index is 860. The topological polar surface area (TPSA) is 76.7 Å². The summed E-state index contributed by atoms with van der Waals surface area (Å²) < 4.78 is 11.3. The van der Waals surface area contributed by atoms with Crippen LogP contribution in [0, 0.1) is 0 Å². The number of nitrogens with one attached hydrogen (secondary N) is 2. The first-order valence-electron chi connectivity index (χ1n) is 11.7. The number of rotatable bonds is 12. The molecule has 0 aliphatic carbocycles. The molecule has 32 heavy (non-hydrogen) atoms. The van der Waals surface area contributed by atoms with Crippen LogP contribution in [0.15, 0.2) is 48.5 Å². The minimum atomic E-state index is -0.229. The average Bonchev–Trinajstić information content (AvgIpc) is 3.34. The number of amides is 2. The maximum absolute atomic E-state index is 12.6. The summed E-state index contributed by atoms with van der Waals surface area (Å²) in [6, 6.07) is 14.1. The maximum Gasteiger partial charge on any atom is 0.255 e.